The van der Waals surface area contributed by atoms with E-state index in [1.54, 1.807) is 12.1 Å². The van der Waals surface area contributed by atoms with Crippen LogP contribution in [0.1, 0.15) is 47.0 Å². The third-order valence-corrected chi connectivity index (χ3v) is 4.40. The first-order chi connectivity index (χ1) is 11.6. The summed E-state index contributed by atoms with van der Waals surface area (Å²) in [4.78, 5) is 22.3. The molecule has 1 amide bonds. The second-order valence-corrected chi connectivity index (χ2v) is 7.62. The van der Waals surface area contributed by atoms with E-state index >= 15 is 0 Å². The van der Waals surface area contributed by atoms with Gasteiger partial charge in [0, 0.05) is 30.8 Å². The SMILES string of the molecule is CC1(C)C[C@H](NC(=O)CCCNc2ccc([N+](=O)[O-])cc2)C(C)(C)O1. The van der Waals surface area contributed by atoms with E-state index in [1.165, 1.54) is 12.1 Å². The van der Waals surface area contributed by atoms with Crippen LogP contribution in [0.25, 0.3) is 0 Å². The zero-order valence-corrected chi connectivity index (χ0v) is 15.3. The van der Waals surface area contributed by atoms with E-state index in [2.05, 4.69) is 10.6 Å². The van der Waals surface area contributed by atoms with E-state index in [4.69, 9.17) is 4.74 Å². The molecule has 2 N–H and O–H groups in total. The summed E-state index contributed by atoms with van der Waals surface area (Å²) in [5.41, 5.74) is 0.280. The molecule has 1 atom stereocenters. The number of nitrogens with one attached hydrogen (secondary N) is 2. The third-order valence-electron chi connectivity index (χ3n) is 4.40. The normalized spacial score (nSPS) is 20.9. The first-order valence-corrected chi connectivity index (χ1v) is 8.57. The molecule has 7 nitrogen and oxygen atoms in total. The predicted molar refractivity (Wildman–Crippen MR) is 96.6 cm³/mol. The average molecular weight is 349 g/mol. The molecule has 25 heavy (non-hydrogen) atoms. The molecule has 0 saturated carbocycles. The molecule has 1 aliphatic heterocycles. The van der Waals surface area contributed by atoms with Crippen molar-refractivity contribution in [2.45, 2.75) is 64.2 Å². The maximum Gasteiger partial charge on any atom is 0.269 e. The number of nitro groups is 1. The summed E-state index contributed by atoms with van der Waals surface area (Å²) in [6.07, 6.45) is 1.90. The molecule has 2 rings (SSSR count). The summed E-state index contributed by atoms with van der Waals surface area (Å²) in [7, 11) is 0. The van der Waals surface area contributed by atoms with Crippen LogP contribution in [0, 0.1) is 10.1 Å². The van der Waals surface area contributed by atoms with Gasteiger partial charge in [0.15, 0.2) is 0 Å². The zero-order valence-electron chi connectivity index (χ0n) is 15.3. The van der Waals surface area contributed by atoms with Crippen molar-refractivity contribution in [2.24, 2.45) is 0 Å². The van der Waals surface area contributed by atoms with Gasteiger partial charge in [0.05, 0.1) is 22.2 Å². The molecule has 0 aliphatic carbocycles. The molecule has 0 bridgehead atoms. The number of hydrogen-bond acceptors (Lipinski definition) is 5. The lowest BCUT2D eigenvalue weighted by molar-refractivity contribution is -0.384. The first kappa shape index (κ1) is 19.2. The van der Waals surface area contributed by atoms with Crippen molar-refractivity contribution in [1.82, 2.24) is 5.32 Å². The fourth-order valence-electron chi connectivity index (χ4n) is 3.24. The lowest BCUT2D eigenvalue weighted by Gasteiger charge is -2.27. The fraction of sp³-hybridized carbons (Fsp3) is 0.611. The van der Waals surface area contributed by atoms with Crippen LogP contribution in [0.5, 0.6) is 0 Å². The minimum absolute atomic E-state index is 0.0117. The predicted octanol–water partition coefficient (Wildman–Crippen LogP) is 3.25. The van der Waals surface area contributed by atoms with Gasteiger partial charge in [-0.25, -0.2) is 0 Å². The number of carbonyl (C=O) groups excluding carboxylic acids is 1. The van der Waals surface area contributed by atoms with Gasteiger partial charge in [0.1, 0.15) is 0 Å². The molecule has 138 valence electrons. The molecule has 1 heterocycles. The maximum absolute atomic E-state index is 12.2. The van der Waals surface area contributed by atoms with E-state index in [0.717, 1.165) is 12.1 Å². The number of benzene rings is 1. The lowest BCUT2D eigenvalue weighted by atomic mass is 9.94. The fourth-order valence-corrected chi connectivity index (χ4v) is 3.24. The molecule has 1 aromatic carbocycles. The van der Waals surface area contributed by atoms with Gasteiger partial charge < -0.3 is 15.4 Å². The lowest BCUT2D eigenvalue weighted by Crippen LogP contribution is -2.46. The summed E-state index contributed by atoms with van der Waals surface area (Å²) in [6, 6.07) is 6.26. The summed E-state index contributed by atoms with van der Waals surface area (Å²) in [5.74, 6) is 0.0184. The van der Waals surface area contributed by atoms with Crippen LogP contribution in [0.15, 0.2) is 24.3 Å². The standard InChI is InChI=1S/C18H27N3O4/c1-17(2)12-15(18(3,4)25-17)20-16(22)6-5-11-19-13-7-9-14(10-8-13)21(23)24/h7-10,15,19H,5-6,11-12H2,1-4H3,(H,20,22)/t15-/m0/s1. The minimum atomic E-state index is -0.427. The number of nitrogens with zero attached hydrogens (tertiary/aromatic N) is 1. The van der Waals surface area contributed by atoms with Crippen LogP contribution in [-0.2, 0) is 9.53 Å². The number of ether oxygens (including phenoxy) is 1. The number of hydrogen-bond donors (Lipinski definition) is 2. The van der Waals surface area contributed by atoms with Gasteiger partial charge in [-0.1, -0.05) is 0 Å². The smallest absolute Gasteiger partial charge is 0.269 e. The van der Waals surface area contributed by atoms with Gasteiger partial charge in [-0.2, -0.15) is 0 Å². The monoisotopic (exact) mass is 349 g/mol. The van der Waals surface area contributed by atoms with Crippen molar-refractivity contribution in [1.29, 1.82) is 0 Å². The Kier molecular flexibility index (Phi) is 5.67. The van der Waals surface area contributed by atoms with Crippen LogP contribution >= 0.6 is 0 Å². The molecule has 1 aliphatic rings. The minimum Gasteiger partial charge on any atom is -0.385 e. The van der Waals surface area contributed by atoms with Crippen molar-refractivity contribution in [3.63, 3.8) is 0 Å². The molecule has 0 spiro atoms. The maximum atomic E-state index is 12.2. The largest absolute Gasteiger partial charge is 0.385 e. The van der Waals surface area contributed by atoms with E-state index in [1.807, 2.05) is 27.7 Å². The molecule has 0 aromatic heterocycles. The van der Waals surface area contributed by atoms with Crippen LogP contribution in [0.4, 0.5) is 11.4 Å². The second kappa shape index (κ2) is 7.39. The number of amides is 1. The first-order valence-electron chi connectivity index (χ1n) is 8.57. The highest BCUT2D eigenvalue weighted by Crippen LogP contribution is 2.37. The van der Waals surface area contributed by atoms with Gasteiger partial charge in [-0.3, -0.25) is 14.9 Å². The number of non-ortho nitro benzene ring substituents is 1. The van der Waals surface area contributed by atoms with Gasteiger partial charge in [-0.15, -0.1) is 0 Å². The number of nitro benzene ring substituents is 1. The highest BCUT2D eigenvalue weighted by molar-refractivity contribution is 5.76. The second-order valence-electron chi connectivity index (χ2n) is 7.62. The summed E-state index contributed by atoms with van der Waals surface area (Å²) in [6.45, 7) is 8.71. The molecule has 1 fully saturated rings. The highest BCUT2D eigenvalue weighted by atomic mass is 16.6. The average Bonchev–Trinajstić information content (AvgIpc) is 2.71. The molecule has 7 heteroatoms. The third kappa shape index (κ3) is 5.42. The molecule has 0 radical (unpaired) electrons. The summed E-state index contributed by atoms with van der Waals surface area (Å²) in [5, 5.41) is 16.8. The van der Waals surface area contributed by atoms with Crippen molar-refractivity contribution in [3.05, 3.63) is 34.4 Å². The van der Waals surface area contributed by atoms with Gasteiger partial charge in [0.2, 0.25) is 5.91 Å². The van der Waals surface area contributed by atoms with Crippen LogP contribution < -0.4 is 10.6 Å². The molecule has 0 unspecified atom stereocenters. The molecular weight excluding hydrogens is 322 g/mol. The quantitative estimate of drug-likeness (QED) is 0.448. The van der Waals surface area contributed by atoms with Crippen molar-refractivity contribution < 1.29 is 14.5 Å². The Labute approximate surface area is 148 Å². The molecule has 1 aromatic rings. The topological polar surface area (TPSA) is 93.5 Å². The van der Waals surface area contributed by atoms with Crippen LogP contribution in [-0.4, -0.2) is 34.6 Å². The summed E-state index contributed by atoms with van der Waals surface area (Å²) < 4.78 is 5.98. The van der Waals surface area contributed by atoms with Crippen LogP contribution in [0.3, 0.4) is 0 Å². The number of carbonyl (C=O) groups is 1. The Morgan fingerprint density at radius 1 is 1.28 bits per heavy atom. The van der Waals surface area contributed by atoms with Crippen molar-refractivity contribution in [3.8, 4) is 0 Å². The Hall–Kier alpha value is -2.15. The van der Waals surface area contributed by atoms with Gasteiger partial charge >= 0.3 is 0 Å². The Balaban J connectivity index is 1.71. The van der Waals surface area contributed by atoms with Crippen molar-refractivity contribution >= 4 is 17.3 Å². The zero-order chi connectivity index (χ0) is 18.7. The summed E-state index contributed by atoms with van der Waals surface area (Å²) >= 11 is 0. The Morgan fingerprint density at radius 3 is 2.44 bits per heavy atom. The Bertz CT molecular complexity index is 626. The highest BCUT2D eigenvalue weighted by Gasteiger charge is 2.46. The molecular formula is C18H27N3O4. The van der Waals surface area contributed by atoms with Gasteiger partial charge in [0.25, 0.3) is 5.69 Å². The molecule has 1 saturated heterocycles. The number of rotatable bonds is 7. The van der Waals surface area contributed by atoms with E-state index in [0.29, 0.717) is 19.4 Å². The number of anilines is 1. The Morgan fingerprint density at radius 2 is 1.92 bits per heavy atom. The van der Waals surface area contributed by atoms with E-state index in [9.17, 15) is 14.9 Å². The van der Waals surface area contributed by atoms with Crippen LogP contribution in [0.2, 0.25) is 0 Å². The van der Waals surface area contributed by atoms with Crippen molar-refractivity contribution in [2.75, 3.05) is 11.9 Å². The van der Waals surface area contributed by atoms with Gasteiger partial charge in [-0.05, 0) is 52.7 Å². The van der Waals surface area contributed by atoms with E-state index in [-0.39, 0.29) is 28.8 Å². The van der Waals surface area contributed by atoms with E-state index < -0.39 is 4.92 Å².